The number of carbonyl (C=O) groups excluding carboxylic acids is 2. The van der Waals surface area contributed by atoms with Gasteiger partial charge in [-0.25, -0.2) is 4.68 Å². The highest BCUT2D eigenvalue weighted by Crippen LogP contribution is 2.28. The molecule has 2 amide bonds. The van der Waals surface area contributed by atoms with E-state index in [1.54, 1.807) is 36.9 Å². The molecular formula is C26H33ClN4O3. The van der Waals surface area contributed by atoms with Crippen LogP contribution < -0.4 is 5.32 Å². The number of furan rings is 1. The molecule has 1 N–H and O–H groups in total. The smallest absolute Gasteiger partial charge is 0.245 e. The molecule has 7 nitrogen and oxygen atoms in total. The van der Waals surface area contributed by atoms with E-state index < -0.39 is 5.41 Å². The van der Waals surface area contributed by atoms with Crippen molar-refractivity contribution >= 4 is 29.2 Å². The average molecular weight is 485 g/mol. The molecular weight excluding hydrogens is 452 g/mol. The molecule has 0 bridgehead atoms. The Labute approximate surface area is 206 Å². The van der Waals surface area contributed by atoms with E-state index in [9.17, 15) is 9.59 Å². The molecule has 0 unspecified atom stereocenters. The van der Waals surface area contributed by atoms with Crippen molar-refractivity contribution in [3.05, 3.63) is 65.7 Å². The number of nitrogens with one attached hydrogen (secondary N) is 1. The maximum atomic E-state index is 13.2. The standard InChI is InChI=1S/C26H33ClN4O3/c1-18-10-7-8-12-20(18)31-22(14-21(29-31)25(2,3)4)28-23(32)16-30(15-19-11-9-13-34-19)24(33)26(5,6)17-27/h7-14H,15-17H2,1-6H3,(H,28,32). The number of benzene rings is 1. The van der Waals surface area contributed by atoms with Gasteiger partial charge in [-0.05, 0) is 44.5 Å². The third-order valence-corrected chi connectivity index (χ3v) is 6.22. The molecule has 0 aliphatic carbocycles. The maximum Gasteiger partial charge on any atom is 0.245 e. The second-order valence-electron chi connectivity index (χ2n) is 10.2. The second-order valence-corrected chi connectivity index (χ2v) is 10.4. The van der Waals surface area contributed by atoms with Crippen molar-refractivity contribution in [3.8, 4) is 5.69 Å². The quantitative estimate of drug-likeness (QED) is 0.440. The van der Waals surface area contributed by atoms with Crippen molar-refractivity contribution in [1.29, 1.82) is 0 Å². The van der Waals surface area contributed by atoms with Crippen molar-refractivity contribution in [1.82, 2.24) is 14.7 Å². The van der Waals surface area contributed by atoms with Crippen LogP contribution in [0, 0.1) is 12.3 Å². The number of aromatic nitrogens is 2. The van der Waals surface area contributed by atoms with Crippen molar-refractivity contribution in [2.75, 3.05) is 17.7 Å². The Balaban J connectivity index is 1.90. The lowest BCUT2D eigenvalue weighted by molar-refractivity contribution is -0.142. The number of para-hydroxylation sites is 1. The summed E-state index contributed by atoms with van der Waals surface area (Å²) in [6, 6.07) is 13.3. The molecule has 3 rings (SSSR count). The van der Waals surface area contributed by atoms with Crippen LogP contribution in [0.25, 0.3) is 5.69 Å². The number of hydrogen-bond acceptors (Lipinski definition) is 4. The van der Waals surface area contributed by atoms with Crippen molar-refractivity contribution in [2.24, 2.45) is 5.41 Å². The first-order valence-electron chi connectivity index (χ1n) is 11.3. The van der Waals surface area contributed by atoms with Crippen LogP contribution in [0.5, 0.6) is 0 Å². The van der Waals surface area contributed by atoms with Crippen LogP contribution in [0.3, 0.4) is 0 Å². The van der Waals surface area contributed by atoms with Gasteiger partial charge in [0.05, 0.1) is 29.6 Å². The highest BCUT2D eigenvalue weighted by molar-refractivity contribution is 6.19. The number of amides is 2. The van der Waals surface area contributed by atoms with Crippen LogP contribution in [0.15, 0.2) is 53.1 Å². The summed E-state index contributed by atoms with van der Waals surface area (Å²) in [4.78, 5) is 27.8. The van der Waals surface area contributed by atoms with Crippen molar-refractivity contribution in [2.45, 2.75) is 53.5 Å². The van der Waals surface area contributed by atoms with E-state index in [1.807, 2.05) is 37.3 Å². The third-order valence-electron chi connectivity index (χ3n) is 5.55. The number of rotatable bonds is 8. The minimum atomic E-state index is -0.823. The van der Waals surface area contributed by atoms with Gasteiger partial charge < -0.3 is 14.6 Å². The van der Waals surface area contributed by atoms with Crippen LogP contribution in [-0.2, 0) is 21.5 Å². The zero-order valence-electron chi connectivity index (χ0n) is 20.7. The molecule has 2 aromatic heterocycles. The number of hydrogen-bond donors (Lipinski definition) is 1. The molecule has 0 aliphatic rings. The molecule has 0 saturated heterocycles. The normalized spacial score (nSPS) is 12.0. The lowest BCUT2D eigenvalue weighted by Gasteiger charge is -2.29. The van der Waals surface area contributed by atoms with Crippen LogP contribution in [0.1, 0.15) is 51.6 Å². The highest BCUT2D eigenvalue weighted by Gasteiger charge is 2.33. The molecule has 0 fully saturated rings. The summed E-state index contributed by atoms with van der Waals surface area (Å²) in [5.41, 5.74) is 1.72. The topological polar surface area (TPSA) is 80.4 Å². The molecule has 0 atom stereocenters. The maximum absolute atomic E-state index is 13.2. The minimum Gasteiger partial charge on any atom is -0.467 e. The molecule has 8 heteroatoms. The number of alkyl halides is 1. The molecule has 2 heterocycles. The fraction of sp³-hybridized carbons (Fsp3) is 0.423. The summed E-state index contributed by atoms with van der Waals surface area (Å²) in [5, 5.41) is 7.75. The number of halogens is 1. The molecule has 0 aliphatic heterocycles. The number of nitrogens with zero attached hydrogens (tertiary/aromatic N) is 3. The van der Waals surface area contributed by atoms with Gasteiger partial charge in [0, 0.05) is 17.4 Å². The Kier molecular flexibility index (Phi) is 7.56. The van der Waals surface area contributed by atoms with E-state index in [0.29, 0.717) is 11.6 Å². The predicted octanol–water partition coefficient (Wildman–Crippen LogP) is 5.30. The zero-order chi connectivity index (χ0) is 25.1. The summed E-state index contributed by atoms with van der Waals surface area (Å²) in [7, 11) is 0. The van der Waals surface area contributed by atoms with Gasteiger partial charge in [0.1, 0.15) is 18.1 Å². The molecule has 34 heavy (non-hydrogen) atoms. The van der Waals surface area contributed by atoms with E-state index in [2.05, 4.69) is 26.1 Å². The molecule has 182 valence electrons. The minimum absolute atomic E-state index is 0.136. The Morgan fingerprint density at radius 3 is 2.41 bits per heavy atom. The fourth-order valence-electron chi connectivity index (χ4n) is 3.45. The lowest BCUT2D eigenvalue weighted by atomic mass is 9.92. The lowest BCUT2D eigenvalue weighted by Crippen LogP contribution is -2.45. The van der Waals surface area contributed by atoms with Gasteiger partial charge in [-0.15, -0.1) is 11.6 Å². The monoisotopic (exact) mass is 484 g/mol. The van der Waals surface area contributed by atoms with E-state index in [1.165, 1.54) is 4.90 Å². The Morgan fingerprint density at radius 2 is 1.82 bits per heavy atom. The third kappa shape index (κ3) is 5.89. The molecule has 3 aromatic rings. The van der Waals surface area contributed by atoms with E-state index in [-0.39, 0.29) is 36.2 Å². The van der Waals surface area contributed by atoms with Crippen molar-refractivity contribution < 1.29 is 14.0 Å². The second kappa shape index (κ2) is 10.1. The summed E-state index contributed by atoms with van der Waals surface area (Å²) in [5.74, 6) is 0.715. The van der Waals surface area contributed by atoms with Gasteiger partial charge in [0.2, 0.25) is 11.8 Å². The first-order chi connectivity index (χ1) is 15.9. The Morgan fingerprint density at radius 1 is 1.12 bits per heavy atom. The Bertz CT molecular complexity index is 1140. The summed E-state index contributed by atoms with van der Waals surface area (Å²) in [6.07, 6.45) is 1.54. The summed E-state index contributed by atoms with van der Waals surface area (Å²) >= 11 is 6.05. The first kappa shape index (κ1) is 25.6. The average Bonchev–Trinajstić information content (AvgIpc) is 3.43. The molecule has 0 radical (unpaired) electrons. The van der Waals surface area contributed by atoms with Crippen LogP contribution in [-0.4, -0.2) is 38.9 Å². The first-order valence-corrected chi connectivity index (χ1v) is 11.8. The molecule has 1 aromatic carbocycles. The fourth-order valence-corrected chi connectivity index (χ4v) is 3.57. The van der Waals surface area contributed by atoms with E-state index in [4.69, 9.17) is 21.1 Å². The largest absolute Gasteiger partial charge is 0.467 e. The van der Waals surface area contributed by atoms with Gasteiger partial charge in [-0.3, -0.25) is 9.59 Å². The number of aryl methyl sites for hydroxylation is 1. The SMILES string of the molecule is Cc1ccccc1-n1nc(C(C)(C)C)cc1NC(=O)CN(Cc1ccco1)C(=O)C(C)(C)CCl. The molecule has 0 spiro atoms. The number of anilines is 1. The van der Waals surface area contributed by atoms with Crippen LogP contribution in [0.2, 0.25) is 0 Å². The van der Waals surface area contributed by atoms with E-state index in [0.717, 1.165) is 16.9 Å². The van der Waals surface area contributed by atoms with Gasteiger partial charge in [0.15, 0.2) is 0 Å². The summed E-state index contributed by atoms with van der Waals surface area (Å²) < 4.78 is 7.16. The van der Waals surface area contributed by atoms with Crippen LogP contribution in [0.4, 0.5) is 5.82 Å². The zero-order valence-corrected chi connectivity index (χ0v) is 21.4. The van der Waals surface area contributed by atoms with Crippen LogP contribution >= 0.6 is 11.6 Å². The van der Waals surface area contributed by atoms with Gasteiger partial charge in [0.25, 0.3) is 0 Å². The van der Waals surface area contributed by atoms with Crippen molar-refractivity contribution in [3.63, 3.8) is 0 Å². The molecule has 0 saturated carbocycles. The predicted molar refractivity (Wildman–Crippen MR) is 134 cm³/mol. The van der Waals surface area contributed by atoms with E-state index >= 15 is 0 Å². The van der Waals surface area contributed by atoms with Gasteiger partial charge in [-0.1, -0.05) is 39.0 Å². The van der Waals surface area contributed by atoms with Gasteiger partial charge in [-0.2, -0.15) is 5.10 Å². The summed E-state index contributed by atoms with van der Waals surface area (Å²) in [6.45, 7) is 11.8. The van der Waals surface area contributed by atoms with Gasteiger partial charge >= 0.3 is 0 Å². The number of carbonyl (C=O) groups is 2. The highest BCUT2D eigenvalue weighted by atomic mass is 35.5. The Hall–Kier alpha value is -3.06.